The lowest BCUT2D eigenvalue weighted by atomic mass is 9.85. The Morgan fingerprint density at radius 3 is 1.70 bits per heavy atom. The first kappa shape index (κ1) is 20.9. The zero-order chi connectivity index (χ0) is 22.8. The fourth-order valence-electron chi connectivity index (χ4n) is 4.65. The molecule has 5 rings (SSSR count). The number of fused-ring (bicyclic) bond motifs is 1. The van der Waals surface area contributed by atoms with E-state index in [1.54, 1.807) is 24.3 Å². The summed E-state index contributed by atoms with van der Waals surface area (Å²) in [5, 5.41) is 0. The maximum Gasteiger partial charge on any atom is 0.323 e. The lowest BCUT2D eigenvalue weighted by Crippen LogP contribution is -2.30. The Hall–Kier alpha value is -3.99. The van der Waals surface area contributed by atoms with Gasteiger partial charge in [0.05, 0.1) is 17.5 Å². The van der Waals surface area contributed by atoms with Gasteiger partial charge in [0.25, 0.3) is 0 Å². The van der Waals surface area contributed by atoms with Gasteiger partial charge in [-0.3, -0.25) is 19.3 Å². The number of imide groups is 1. The Kier molecular flexibility index (Phi) is 5.61. The zero-order valence-electron chi connectivity index (χ0n) is 18.0. The Morgan fingerprint density at radius 1 is 0.727 bits per heavy atom. The summed E-state index contributed by atoms with van der Waals surface area (Å²) in [4.78, 5) is 40.1. The Morgan fingerprint density at radius 2 is 1.21 bits per heavy atom. The SMILES string of the molecule is O=C(Oc1ccc(N2C(=O)[C@H]3CC=CC[C@H]3C2=O)cc1)C(c1ccccc1)c1ccccc1. The minimum Gasteiger partial charge on any atom is -0.426 e. The molecule has 0 radical (unpaired) electrons. The largest absolute Gasteiger partial charge is 0.426 e. The highest BCUT2D eigenvalue weighted by Gasteiger charge is 2.47. The number of hydrogen-bond acceptors (Lipinski definition) is 4. The summed E-state index contributed by atoms with van der Waals surface area (Å²) < 4.78 is 5.71. The number of nitrogens with zero attached hydrogens (tertiary/aromatic N) is 1. The van der Waals surface area contributed by atoms with Gasteiger partial charge >= 0.3 is 5.97 Å². The summed E-state index contributed by atoms with van der Waals surface area (Å²) in [7, 11) is 0. The molecule has 0 N–H and O–H groups in total. The van der Waals surface area contributed by atoms with Crippen LogP contribution in [0.3, 0.4) is 0 Å². The third-order valence-corrected chi connectivity index (χ3v) is 6.32. The first-order valence-electron chi connectivity index (χ1n) is 11.1. The van der Waals surface area contributed by atoms with Gasteiger partial charge in [-0.25, -0.2) is 0 Å². The second kappa shape index (κ2) is 8.87. The normalized spacial score (nSPS) is 19.6. The molecule has 33 heavy (non-hydrogen) atoms. The second-order valence-corrected chi connectivity index (χ2v) is 8.34. The van der Waals surface area contributed by atoms with Crippen molar-refractivity contribution in [3.05, 3.63) is 108 Å². The number of allylic oxidation sites excluding steroid dienone is 2. The van der Waals surface area contributed by atoms with Crippen LogP contribution in [0.25, 0.3) is 0 Å². The van der Waals surface area contributed by atoms with Gasteiger partial charge in [0, 0.05) is 0 Å². The Bertz CT molecular complexity index is 1140. The lowest BCUT2D eigenvalue weighted by molar-refractivity contribution is -0.135. The monoisotopic (exact) mass is 437 g/mol. The minimum atomic E-state index is -0.565. The molecule has 0 saturated carbocycles. The molecule has 1 heterocycles. The molecule has 1 saturated heterocycles. The first-order chi connectivity index (χ1) is 16.1. The Labute approximate surface area is 192 Å². The van der Waals surface area contributed by atoms with Crippen molar-refractivity contribution in [2.45, 2.75) is 18.8 Å². The van der Waals surface area contributed by atoms with E-state index in [1.165, 1.54) is 4.90 Å². The quantitative estimate of drug-likeness (QED) is 0.247. The zero-order valence-corrected chi connectivity index (χ0v) is 18.0. The van der Waals surface area contributed by atoms with Crippen molar-refractivity contribution in [1.29, 1.82) is 0 Å². The van der Waals surface area contributed by atoms with E-state index in [-0.39, 0.29) is 23.7 Å². The first-order valence-corrected chi connectivity index (χ1v) is 11.1. The van der Waals surface area contributed by atoms with Crippen molar-refractivity contribution in [2.24, 2.45) is 11.8 Å². The molecule has 1 aliphatic heterocycles. The van der Waals surface area contributed by atoms with E-state index in [0.29, 0.717) is 24.3 Å². The molecule has 2 amide bonds. The van der Waals surface area contributed by atoms with Gasteiger partial charge in [0.15, 0.2) is 0 Å². The van der Waals surface area contributed by atoms with E-state index in [1.807, 2.05) is 72.8 Å². The standard InChI is InChI=1S/C28H23NO4/c30-26-23-13-7-8-14-24(23)27(31)29(26)21-15-17-22(18-16-21)33-28(32)25(19-9-3-1-4-10-19)20-11-5-2-6-12-20/h1-12,15-18,23-25H,13-14H2/t23-,24+. The van der Waals surface area contributed by atoms with E-state index in [2.05, 4.69) is 0 Å². The molecule has 2 atom stereocenters. The van der Waals surface area contributed by atoms with Crippen LogP contribution in [0.4, 0.5) is 5.69 Å². The van der Waals surface area contributed by atoms with Crippen LogP contribution in [0.1, 0.15) is 29.9 Å². The highest BCUT2D eigenvalue weighted by atomic mass is 16.5. The molecule has 1 fully saturated rings. The highest BCUT2D eigenvalue weighted by Crippen LogP contribution is 2.38. The van der Waals surface area contributed by atoms with Crippen LogP contribution in [0.2, 0.25) is 0 Å². The minimum absolute atomic E-state index is 0.160. The van der Waals surface area contributed by atoms with Crippen LogP contribution in [0.5, 0.6) is 5.75 Å². The van der Waals surface area contributed by atoms with E-state index in [9.17, 15) is 14.4 Å². The molecule has 5 heteroatoms. The number of anilines is 1. The fourth-order valence-corrected chi connectivity index (χ4v) is 4.65. The van der Waals surface area contributed by atoms with Crippen molar-refractivity contribution in [1.82, 2.24) is 0 Å². The average Bonchev–Trinajstić information content (AvgIpc) is 3.11. The van der Waals surface area contributed by atoms with Crippen LogP contribution < -0.4 is 9.64 Å². The van der Waals surface area contributed by atoms with Gasteiger partial charge in [-0.05, 0) is 48.2 Å². The lowest BCUT2D eigenvalue weighted by Gasteiger charge is -2.18. The summed E-state index contributed by atoms with van der Waals surface area (Å²) in [6, 6.07) is 25.6. The second-order valence-electron chi connectivity index (χ2n) is 8.34. The average molecular weight is 437 g/mol. The van der Waals surface area contributed by atoms with E-state index < -0.39 is 11.9 Å². The van der Waals surface area contributed by atoms with Crippen LogP contribution in [0.15, 0.2) is 97.1 Å². The summed E-state index contributed by atoms with van der Waals surface area (Å²) in [6.45, 7) is 0. The molecule has 0 aromatic heterocycles. The van der Waals surface area contributed by atoms with Crippen molar-refractivity contribution in [3.63, 3.8) is 0 Å². The molecule has 164 valence electrons. The smallest absolute Gasteiger partial charge is 0.323 e. The van der Waals surface area contributed by atoms with E-state index in [4.69, 9.17) is 4.74 Å². The van der Waals surface area contributed by atoms with E-state index >= 15 is 0 Å². The number of amides is 2. The molecule has 1 aliphatic carbocycles. The molecule has 0 unspecified atom stereocenters. The van der Waals surface area contributed by atoms with Crippen LogP contribution >= 0.6 is 0 Å². The topological polar surface area (TPSA) is 63.7 Å². The highest BCUT2D eigenvalue weighted by molar-refractivity contribution is 6.22. The van der Waals surface area contributed by atoms with Crippen molar-refractivity contribution >= 4 is 23.5 Å². The van der Waals surface area contributed by atoms with Gasteiger partial charge in [-0.1, -0.05) is 72.8 Å². The number of benzene rings is 3. The van der Waals surface area contributed by atoms with Crippen molar-refractivity contribution < 1.29 is 19.1 Å². The number of esters is 1. The van der Waals surface area contributed by atoms with Gasteiger partial charge in [-0.2, -0.15) is 0 Å². The van der Waals surface area contributed by atoms with Crippen LogP contribution in [-0.2, 0) is 14.4 Å². The molecule has 3 aromatic carbocycles. The third kappa shape index (κ3) is 3.98. The maximum atomic E-state index is 13.2. The van der Waals surface area contributed by atoms with Crippen molar-refractivity contribution in [2.75, 3.05) is 4.90 Å². The van der Waals surface area contributed by atoms with Crippen LogP contribution in [0, 0.1) is 11.8 Å². The summed E-state index contributed by atoms with van der Waals surface area (Å²) in [5.41, 5.74) is 2.19. The summed E-state index contributed by atoms with van der Waals surface area (Å²) >= 11 is 0. The number of rotatable bonds is 5. The summed E-state index contributed by atoms with van der Waals surface area (Å²) in [6.07, 6.45) is 5.13. The Balaban J connectivity index is 1.36. The molecule has 2 aliphatic rings. The number of hydrogen-bond donors (Lipinski definition) is 0. The van der Waals surface area contributed by atoms with Crippen molar-refractivity contribution in [3.8, 4) is 5.75 Å². The molecule has 3 aromatic rings. The predicted octanol–water partition coefficient (Wildman–Crippen LogP) is 4.88. The molecule has 0 spiro atoms. The fraction of sp³-hybridized carbons (Fsp3) is 0.179. The number of ether oxygens (including phenoxy) is 1. The molecular formula is C28H23NO4. The van der Waals surface area contributed by atoms with E-state index in [0.717, 1.165) is 11.1 Å². The van der Waals surface area contributed by atoms with Gasteiger partial charge in [-0.15, -0.1) is 0 Å². The maximum absolute atomic E-state index is 13.2. The summed E-state index contributed by atoms with van der Waals surface area (Å²) in [5.74, 6) is -1.48. The van der Waals surface area contributed by atoms with Gasteiger partial charge in [0.2, 0.25) is 11.8 Å². The van der Waals surface area contributed by atoms with Gasteiger partial charge in [0.1, 0.15) is 11.7 Å². The van der Waals surface area contributed by atoms with Crippen LogP contribution in [-0.4, -0.2) is 17.8 Å². The molecular weight excluding hydrogens is 414 g/mol. The van der Waals surface area contributed by atoms with Gasteiger partial charge < -0.3 is 4.74 Å². The predicted molar refractivity (Wildman–Crippen MR) is 125 cm³/mol. The molecule has 5 nitrogen and oxygen atoms in total. The number of carbonyl (C=O) groups excluding carboxylic acids is 3. The molecule has 0 bridgehead atoms. The number of carbonyl (C=O) groups is 3. The third-order valence-electron chi connectivity index (χ3n) is 6.32.